The Morgan fingerprint density at radius 2 is 2.04 bits per heavy atom. The van der Waals surface area contributed by atoms with Crippen molar-refractivity contribution in [1.82, 2.24) is 4.98 Å². The normalized spacial score (nSPS) is 17.0. The second-order valence-electron chi connectivity index (χ2n) is 5.66. The number of aromatic nitrogens is 1. The maximum atomic E-state index is 12.0. The number of thioether (sulfide) groups is 1. The molecule has 0 radical (unpaired) electrons. The first-order chi connectivity index (χ1) is 11.7. The molecule has 0 saturated carbocycles. The molecular weight excluding hydrogens is 322 g/mol. The van der Waals surface area contributed by atoms with Crippen LogP contribution in [0, 0.1) is 0 Å². The Kier molecular flexibility index (Phi) is 5.72. The molecule has 6 heteroatoms. The van der Waals surface area contributed by atoms with E-state index in [1.807, 2.05) is 36.4 Å². The zero-order valence-electron chi connectivity index (χ0n) is 13.6. The van der Waals surface area contributed by atoms with Crippen molar-refractivity contribution in [2.75, 3.05) is 36.2 Å². The van der Waals surface area contributed by atoms with Gasteiger partial charge in [0, 0.05) is 48.9 Å². The zero-order valence-corrected chi connectivity index (χ0v) is 14.5. The van der Waals surface area contributed by atoms with Gasteiger partial charge < -0.3 is 15.0 Å². The molecule has 1 saturated heterocycles. The number of methoxy groups -OCH3 is 1. The molecule has 1 unspecified atom stereocenters. The maximum Gasteiger partial charge on any atom is 0.234 e. The Bertz CT molecular complexity index is 664. The van der Waals surface area contributed by atoms with Gasteiger partial charge in [0.25, 0.3) is 0 Å². The number of amides is 1. The van der Waals surface area contributed by atoms with Crippen molar-refractivity contribution in [2.45, 2.75) is 17.4 Å². The van der Waals surface area contributed by atoms with Crippen molar-refractivity contribution in [3.63, 3.8) is 0 Å². The Morgan fingerprint density at radius 1 is 1.29 bits per heavy atom. The minimum absolute atomic E-state index is 0.00909. The van der Waals surface area contributed by atoms with E-state index in [4.69, 9.17) is 4.74 Å². The highest BCUT2D eigenvalue weighted by atomic mass is 32.2. The number of carbonyl (C=O) groups excluding carboxylic acids is 1. The average Bonchev–Trinajstić information content (AvgIpc) is 3.11. The third kappa shape index (κ3) is 4.49. The molecule has 1 amide bonds. The zero-order chi connectivity index (χ0) is 16.8. The van der Waals surface area contributed by atoms with Gasteiger partial charge in [-0.25, -0.2) is 0 Å². The molecule has 0 bridgehead atoms. The van der Waals surface area contributed by atoms with Crippen molar-refractivity contribution in [3.05, 3.63) is 48.8 Å². The lowest BCUT2D eigenvalue weighted by molar-refractivity contribution is -0.113. The molecule has 2 aromatic rings. The summed E-state index contributed by atoms with van der Waals surface area (Å²) >= 11 is 1.50. The van der Waals surface area contributed by atoms with Gasteiger partial charge in [0.05, 0.1) is 11.9 Å². The maximum absolute atomic E-state index is 12.0. The lowest BCUT2D eigenvalue weighted by Crippen LogP contribution is -2.22. The van der Waals surface area contributed by atoms with Crippen LogP contribution in [-0.4, -0.2) is 42.9 Å². The SMILES string of the molecule is COC1CCN(c2ccc(NC(=O)CSc3ccncc3)cc2)C1. The molecule has 3 rings (SSSR count). The Labute approximate surface area is 146 Å². The fourth-order valence-electron chi connectivity index (χ4n) is 2.69. The van der Waals surface area contributed by atoms with Gasteiger partial charge in [-0.2, -0.15) is 0 Å². The van der Waals surface area contributed by atoms with Crippen molar-refractivity contribution in [1.29, 1.82) is 0 Å². The Hall–Kier alpha value is -2.05. The van der Waals surface area contributed by atoms with Crippen LogP contribution >= 0.6 is 11.8 Å². The summed E-state index contributed by atoms with van der Waals surface area (Å²) in [6.07, 6.45) is 4.83. The van der Waals surface area contributed by atoms with E-state index < -0.39 is 0 Å². The van der Waals surface area contributed by atoms with E-state index in [9.17, 15) is 4.79 Å². The number of nitrogens with zero attached hydrogens (tertiary/aromatic N) is 2. The second-order valence-corrected chi connectivity index (χ2v) is 6.71. The lowest BCUT2D eigenvalue weighted by Gasteiger charge is -2.18. The number of nitrogens with one attached hydrogen (secondary N) is 1. The van der Waals surface area contributed by atoms with Crippen molar-refractivity contribution in [2.24, 2.45) is 0 Å². The number of benzene rings is 1. The fraction of sp³-hybridized carbons (Fsp3) is 0.333. The van der Waals surface area contributed by atoms with Crippen LogP contribution in [0.15, 0.2) is 53.7 Å². The summed E-state index contributed by atoms with van der Waals surface area (Å²) in [6, 6.07) is 11.8. The highest BCUT2D eigenvalue weighted by Crippen LogP contribution is 2.23. The molecular formula is C18H21N3O2S. The number of anilines is 2. The number of pyridine rings is 1. The quantitative estimate of drug-likeness (QED) is 0.817. The van der Waals surface area contributed by atoms with Gasteiger partial charge in [0.1, 0.15) is 0 Å². The van der Waals surface area contributed by atoms with Crippen LogP contribution in [0.4, 0.5) is 11.4 Å². The van der Waals surface area contributed by atoms with Crippen LogP contribution in [0.3, 0.4) is 0 Å². The molecule has 1 fully saturated rings. The van der Waals surface area contributed by atoms with Crippen LogP contribution in [-0.2, 0) is 9.53 Å². The van der Waals surface area contributed by atoms with Crippen LogP contribution in [0.25, 0.3) is 0 Å². The lowest BCUT2D eigenvalue weighted by atomic mass is 10.2. The molecule has 1 aromatic heterocycles. The van der Waals surface area contributed by atoms with E-state index in [0.29, 0.717) is 11.9 Å². The fourth-order valence-corrected chi connectivity index (χ4v) is 3.38. The molecule has 126 valence electrons. The van der Waals surface area contributed by atoms with Gasteiger partial charge in [0.15, 0.2) is 0 Å². The van der Waals surface area contributed by atoms with Gasteiger partial charge in [-0.1, -0.05) is 0 Å². The van der Waals surface area contributed by atoms with Crippen LogP contribution in [0.5, 0.6) is 0 Å². The third-order valence-electron chi connectivity index (χ3n) is 4.01. The van der Waals surface area contributed by atoms with E-state index in [2.05, 4.69) is 15.2 Å². The molecule has 0 aliphatic carbocycles. The van der Waals surface area contributed by atoms with Gasteiger partial charge in [0.2, 0.25) is 5.91 Å². The summed E-state index contributed by atoms with van der Waals surface area (Å²) in [7, 11) is 1.76. The molecule has 1 aliphatic heterocycles. The molecule has 1 aromatic carbocycles. The number of hydrogen-bond donors (Lipinski definition) is 1. The number of hydrogen-bond acceptors (Lipinski definition) is 5. The van der Waals surface area contributed by atoms with E-state index in [1.165, 1.54) is 17.4 Å². The highest BCUT2D eigenvalue weighted by molar-refractivity contribution is 8.00. The molecule has 5 nitrogen and oxygen atoms in total. The predicted octanol–water partition coefficient (Wildman–Crippen LogP) is 3.04. The Morgan fingerprint density at radius 3 is 2.71 bits per heavy atom. The monoisotopic (exact) mass is 343 g/mol. The largest absolute Gasteiger partial charge is 0.380 e. The first-order valence-corrected chi connectivity index (χ1v) is 8.93. The average molecular weight is 343 g/mol. The van der Waals surface area contributed by atoms with Gasteiger partial charge >= 0.3 is 0 Å². The highest BCUT2D eigenvalue weighted by Gasteiger charge is 2.22. The summed E-state index contributed by atoms with van der Waals surface area (Å²) in [4.78, 5) is 19.3. The first kappa shape index (κ1) is 16.8. The summed E-state index contributed by atoms with van der Waals surface area (Å²) in [5.41, 5.74) is 1.99. The molecule has 1 atom stereocenters. The van der Waals surface area contributed by atoms with Crippen LogP contribution in [0.2, 0.25) is 0 Å². The number of carbonyl (C=O) groups is 1. The third-order valence-corrected chi connectivity index (χ3v) is 5.03. The summed E-state index contributed by atoms with van der Waals surface area (Å²) < 4.78 is 5.40. The number of ether oxygens (including phenoxy) is 1. The van der Waals surface area contributed by atoms with Crippen molar-refractivity contribution < 1.29 is 9.53 Å². The number of rotatable bonds is 6. The minimum Gasteiger partial charge on any atom is -0.380 e. The van der Waals surface area contributed by atoms with E-state index >= 15 is 0 Å². The topological polar surface area (TPSA) is 54.5 Å². The smallest absolute Gasteiger partial charge is 0.234 e. The Balaban J connectivity index is 1.50. The van der Waals surface area contributed by atoms with E-state index in [1.54, 1.807) is 19.5 Å². The molecule has 1 N–H and O–H groups in total. The van der Waals surface area contributed by atoms with Crippen LogP contribution < -0.4 is 10.2 Å². The molecule has 1 aliphatic rings. The van der Waals surface area contributed by atoms with Gasteiger partial charge in [-0.3, -0.25) is 9.78 Å². The van der Waals surface area contributed by atoms with Crippen LogP contribution in [0.1, 0.15) is 6.42 Å². The van der Waals surface area contributed by atoms with Crippen molar-refractivity contribution >= 4 is 29.0 Å². The first-order valence-electron chi connectivity index (χ1n) is 7.95. The molecule has 24 heavy (non-hydrogen) atoms. The summed E-state index contributed by atoms with van der Waals surface area (Å²) in [6.45, 7) is 1.93. The standard InChI is InChI=1S/C18H21N3O2S/c1-23-16-8-11-21(12-16)15-4-2-14(3-5-15)20-18(22)13-24-17-6-9-19-10-7-17/h2-7,9-10,16H,8,11-13H2,1H3,(H,20,22). The summed E-state index contributed by atoms with van der Waals surface area (Å²) in [5.74, 6) is 0.373. The molecule has 2 heterocycles. The summed E-state index contributed by atoms with van der Waals surface area (Å²) in [5, 5.41) is 2.93. The van der Waals surface area contributed by atoms with Gasteiger partial charge in [-0.15, -0.1) is 11.8 Å². The minimum atomic E-state index is -0.00909. The van der Waals surface area contributed by atoms with E-state index in [0.717, 1.165) is 30.1 Å². The van der Waals surface area contributed by atoms with Gasteiger partial charge in [-0.05, 0) is 42.8 Å². The molecule has 0 spiro atoms. The predicted molar refractivity (Wildman–Crippen MR) is 97.7 cm³/mol. The second kappa shape index (κ2) is 8.17. The van der Waals surface area contributed by atoms with E-state index in [-0.39, 0.29) is 5.91 Å². The van der Waals surface area contributed by atoms with Crippen molar-refractivity contribution in [3.8, 4) is 0 Å².